The summed E-state index contributed by atoms with van der Waals surface area (Å²) in [5, 5.41) is 13.6. The van der Waals surface area contributed by atoms with E-state index in [4.69, 9.17) is 20.6 Å². The lowest BCUT2D eigenvalue weighted by Crippen LogP contribution is -2.54. The summed E-state index contributed by atoms with van der Waals surface area (Å²) in [4.78, 5) is 27.7. The van der Waals surface area contributed by atoms with Crippen LogP contribution in [0, 0.1) is 5.41 Å². The molecule has 0 unspecified atom stereocenters. The van der Waals surface area contributed by atoms with Crippen LogP contribution in [0.5, 0.6) is 11.5 Å². The first-order valence-corrected chi connectivity index (χ1v) is 16.5. The van der Waals surface area contributed by atoms with Crippen molar-refractivity contribution < 1.29 is 27.5 Å². The van der Waals surface area contributed by atoms with Gasteiger partial charge in [-0.3, -0.25) is 10.2 Å². The first-order valence-electron chi connectivity index (χ1n) is 15.0. The Labute approximate surface area is 270 Å². The van der Waals surface area contributed by atoms with Crippen molar-refractivity contribution in [3.63, 3.8) is 0 Å². The normalized spacial score (nSPS) is 14.4. The Hall–Kier alpha value is -4.62. The maximum Gasteiger partial charge on any atom is 0.315 e. The number of nitrogens with two attached hydrogens (primary N) is 1. The van der Waals surface area contributed by atoms with Crippen LogP contribution in [-0.2, 0) is 21.2 Å². The summed E-state index contributed by atoms with van der Waals surface area (Å²) >= 11 is 0. The lowest BCUT2D eigenvalue weighted by molar-refractivity contribution is -0.134. The third-order valence-corrected chi connectivity index (χ3v) is 9.17. The van der Waals surface area contributed by atoms with Gasteiger partial charge in [-0.15, -0.1) is 0 Å². The van der Waals surface area contributed by atoms with Gasteiger partial charge in [-0.1, -0.05) is 30.3 Å². The average Bonchev–Trinajstić information content (AvgIpc) is 3.03. The van der Waals surface area contributed by atoms with Crippen LogP contribution in [0.15, 0.2) is 71.6 Å². The van der Waals surface area contributed by atoms with Crippen molar-refractivity contribution in [1.82, 2.24) is 20.3 Å². The van der Waals surface area contributed by atoms with Gasteiger partial charge in [0.25, 0.3) is 0 Å². The zero-order valence-corrected chi connectivity index (χ0v) is 27.3. The Morgan fingerprint density at radius 3 is 2.37 bits per heavy atom. The van der Waals surface area contributed by atoms with E-state index in [-0.39, 0.29) is 41.2 Å². The number of carbonyl (C=O) groups is 2. The zero-order valence-electron chi connectivity index (χ0n) is 26.5. The molecule has 3 aromatic carbocycles. The molecule has 3 amide bonds. The second-order valence-corrected chi connectivity index (χ2v) is 13.2. The SMILES string of the molecule is COc1ccc(-c2cccc(S(=O)(=O)N[C@@H](Cc3cccc(C(=N)N)c3)C(=O)N3CCC(NC(=O)NC(C)C)CC3)c2)c(OC)c1. The van der Waals surface area contributed by atoms with Gasteiger partial charge in [0.15, 0.2) is 0 Å². The number of carbonyl (C=O) groups excluding carboxylic acids is 2. The number of amides is 3. The fourth-order valence-corrected chi connectivity index (χ4v) is 6.59. The molecule has 6 N–H and O–H groups in total. The predicted octanol–water partition coefficient (Wildman–Crippen LogP) is 3.24. The molecule has 0 spiro atoms. The highest BCUT2D eigenvalue weighted by Crippen LogP contribution is 2.34. The Morgan fingerprint density at radius 1 is 1.00 bits per heavy atom. The molecular weight excluding hydrogens is 608 g/mol. The van der Waals surface area contributed by atoms with Gasteiger partial charge < -0.3 is 30.7 Å². The number of amidine groups is 1. The summed E-state index contributed by atoms with van der Waals surface area (Å²) in [6.45, 7) is 4.45. The van der Waals surface area contributed by atoms with Crippen LogP contribution >= 0.6 is 0 Å². The molecule has 0 radical (unpaired) electrons. The van der Waals surface area contributed by atoms with Gasteiger partial charge in [0.2, 0.25) is 15.9 Å². The van der Waals surface area contributed by atoms with Gasteiger partial charge in [0, 0.05) is 42.4 Å². The minimum Gasteiger partial charge on any atom is -0.497 e. The van der Waals surface area contributed by atoms with E-state index in [2.05, 4.69) is 15.4 Å². The molecule has 246 valence electrons. The zero-order chi connectivity index (χ0) is 33.4. The topological polar surface area (TPSA) is 176 Å². The second kappa shape index (κ2) is 15.1. The summed E-state index contributed by atoms with van der Waals surface area (Å²) in [5.74, 6) is 0.599. The number of piperidine rings is 1. The van der Waals surface area contributed by atoms with Crippen molar-refractivity contribution in [3.05, 3.63) is 77.9 Å². The van der Waals surface area contributed by atoms with E-state index >= 15 is 0 Å². The third-order valence-electron chi connectivity index (χ3n) is 7.70. The van der Waals surface area contributed by atoms with E-state index in [0.717, 1.165) is 0 Å². The Morgan fingerprint density at radius 2 is 1.72 bits per heavy atom. The maximum absolute atomic E-state index is 13.9. The molecule has 13 heteroatoms. The molecule has 0 bridgehead atoms. The summed E-state index contributed by atoms with van der Waals surface area (Å²) in [5.41, 5.74) is 8.09. The molecule has 12 nitrogen and oxygen atoms in total. The summed E-state index contributed by atoms with van der Waals surface area (Å²) in [6.07, 6.45) is 1.10. The Balaban J connectivity index is 1.59. The number of rotatable bonds is 12. The van der Waals surface area contributed by atoms with Crippen LogP contribution in [0.4, 0.5) is 4.79 Å². The van der Waals surface area contributed by atoms with Crippen LogP contribution in [0.3, 0.4) is 0 Å². The lowest BCUT2D eigenvalue weighted by Gasteiger charge is -2.35. The van der Waals surface area contributed by atoms with E-state index in [1.807, 2.05) is 13.8 Å². The highest BCUT2D eigenvalue weighted by Gasteiger charge is 2.32. The molecule has 0 aliphatic carbocycles. The van der Waals surface area contributed by atoms with Crippen LogP contribution in [0.1, 0.15) is 37.8 Å². The van der Waals surface area contributed by atoms with Crippen molar-refractivity contribution in [2.45, 2.75) is 56.1 Å². The highest BCUT2D eigenvalue weighted by atomic mass is 32.2. The molecule has 46 heavy (non-hydrogen) atoms. The number of nitrogens with zero attached hydrogens (tertiary/aromatic N) is 1. The first-order chi connectivity index (χ1) is 21.9. The molecule has 0 aromatic heterocycles. The van der Waals surface area contributed by atoms with Crippen molar-refractivity contribution >= 4 is 27.8 Å². The second-order valence-electron chi connectivity index (χ2n) is 11.5. The van der Waals surface area contributed by atoms with E-state index in [1.165, 1.54) is 19.2 Å². The number of methoxy groups -OCH3 is 2. The number of sulfonamides is 1. The van der Waals surface area contributed by atoms with Gasteiger partial charge in [-0.25, -0.2) is 13.2 Å². The number of benzene rings is 3. The van der Waals surface area contributed by atoms with Crippen LogP contribution in [-0.4, -0.2) is 76.5 Å². The summed E-state index contributed by atoms with van der Waals surface area (Å²) in [7, 11) is -1.11. The van der Waals surface area contributed by atoms with E-state index in [9.17, 15) is 18.0 Å². The number of ether oxygens (including phenoxy) is 2. The van der Waals surface area contributed by atoms with Crippen LogP contribution in [0.2, 0.25) is 0 Å². The van der Waals surface area contributed by atoms with Gasteiger partial charge in [-0.05, 0) is 74.6 Å². The van der Waals surface area contributed by atoms with Gasteiger partial charge >= 0.3 is 6.03 Å². The molecule has 1 saturated heterocycles. The lowest BCUT2D eigenvalue weighted by atomic mass is 10.0. The fraction of sp³-hybridized carbons (Fsp3) is 0.364. The third kappa shape index (κ3) is 8.76. The van der Waals surface area contributed by atoms with Crippen molar-refractivity contribution in [2.24, 2.45) is 5.73 Å². The molecule has 1 aliphatic rings. The minimum absolute atomic E-state index is 0.00381. The average molecular weight is 651 g/mol. The molecular formula is C33H42N6O6S. The molecule has 3 aromatic rings. The fourth-order valence-electron chi connectivity index (χ4n) is 5.36. The highest BCUT2D eigenvalue weighted by molar-refractivity contribution is 7.89. The predicted molar refractivity (Wildman–Crippen MR) is 177 cm³/mol. The molecule has 1 aliphatic heterocycles. The number of nitrogen functional groups attached to an aromatic ring is 1. The van der Waals surface area contributed by atoms with Crippen molar-refractivity contribution in [3.8, 4) is 22.6 Å². The van der Waals surface area contributed by atoms with E-state index in [1.54, 1.807) is 66.6 Å². The van der Waals surface area contributed by atoms with Gasteiger partial charge in [-0.2, -0.15) is 4.72 Å². The molecule has 4 rings (SSSR count). The van der Waals surface area contributed by atoms with E-state index in [0.29, 0.717) is 59.7 Å². The molecule has 1 heterocycles. The largest absolute Gasteiger partial charge is 0.497 e. The van der Waals surface area contributed by atoms with Crippen LogP contribution < -0.4 is 30.6 Å². The monoisotopic (exact) mass is 650 g/mol. The Bertz CT molecular complexity index is 1670. The van der Waals surface area contributed by atoms with Crippen LogP contribution in [0.25, 0.3) is 11.1 Å². The van der Waals surface area contributed by atoms with Crippen molar-refractivity contribution in [1.29, 1.82) is 5.41 Å². The molecule has 1 fully saturated rings. The summed E-state index contributed by atoms with van der Waals surface area (Å²) in [6, 6.07) is 17.0. The maximum atomic E-state index is 13.9. The number of nitrogens with one attached hydrogen (secondary N) is 4. The van der Waals surface area contributed by atoms with Gasteiger partial charge in [0.1, 0.15) is 23.4 Å². The first kappa shape index (κ1) is 34.3. The summed E-state index contributed by atoms with van der Waals surface area (Å²) < 4.78 is 41.2. The molecule has 0 saturated carbocycles. The number of hydrogen-bond donors (Lipinski definition) is 5. The standard InChI is InChI=1S/C33H42N6O6S/c1-21(2)36-33(41)37-25-13-15-39(16-14-25)32(40)29(18-22-7-5-9-24(17-22)31(34)35)38-46(42,43)27-10-6-8-23(19-27)28-12-11-26(44-3)20-30(28)45-4/h5-12,17,19-21,25,29,38H,13-16,18H2,1-4H3,(H3,34,35)(H2,36,37,41)/t29-/m0/s1. The Kier molecular flexibility index (Phi) is 11.3. The number of hydrogen-bond acceptors (Lipinski definition) is 7. The minimum atomic E-state index is -4.19. The molecule has 1 atom stereocenters. The number of likely N-dealkylation sites (tertiary alicyclic amines) is 1. The van der Waals surface area contributed by atoms with E-state index < -0.39 is 16.1 Å². The van der Waals surface area contributed by atoms with Gasteiger partial charge in [0.05, 0.1) is 19.1 Å². The van der Waals surface area contributed by atoms with Crippen molar-refractivity contribution in [2.75, 3.05) is 27.3 Å². The smallest absolute Gasteiger partial charge is 0.315 e. The number of urea groups is 1. The quantitative estimate of drug-likeness (QED) is 0.148.